The van der Waals surface area contributed by atoms with E-state index in [9.17, 15) is 0 Å². The van der Waals surface area contributed by atoms with Gasteiger partial charge in [-0.1, -0.05) is 17.8 Å². The van der Waals surface area contributed by atoms with Crippen molar-refractivity contribution in [2.24, 2.45) is 0 Å². The number of fused-ring (bicyclic) bond motifs is 1. The zero-order valence-corrected chi connectivity index (χ0v) is 11.3. The van der Waals surface area contributed by atoms with Crippen LogP contribution in [0.3, 0.4) is 0 Å². The third-order valence-electron chi connectivity index (χ3n) is 2.81. The van der Waals surface area contributed by atoms with Crippen molar-refractivity contribution in [1.29, 1.82) is 0 Å². The Labute approximate surface area is 116 Å². The summed E-state index contributed by atoms with van der Waals surface area (Å²) in [5.41, 5.74) is 6.56. The molecule has 1 heterocycles. The van der Waals surface area contributed by atoms with Gasteiger partial charge in [-0.15, -0.1) is 0 Å². The molecule has 3 rings (SSSR count). The molecule has 1 aliphatic rings. The summed E-state index contributed by atoms with van der Waals surface area (Å²) in [7, 11) is 0. The molecule has 0 atom stereocenters. The summed E-state index contributed by atoms with van der Waals surface area (Å²) in [6.07, 6.45) is 0.923. The topological polar surface area (TPSA) is 44.5 Å². The molecule has 19 heavy (non-hydrogen) atoms. The molecular formula is C15H15NO2S. The van der Waals surface area contributed by atoms with Gasteiger partial charge in [-0.25, -0.2) is 0 Å². The summed E-state index contributed by atoms with van der Waals surface area (Å²) in [5, 5.41) is 0. The molecule has 3 nitrogen and oxygen atoms in total. The lowest BCUT2D eigenvalue weighted by Gasteiger charge is -2.09. The van der Waals surface area contributed by atoms with E-state index < -0.39 is 0 Å². The molecule has 0 spiro atoms. The van der Waals surface area contributed by atoms with Crippen LogP contribution in [0.15, 0.2) is 52.3 Å². The summed E-state index contributed by atoms with van der Waals surface area (Å²) < 4.78 is 11.3. The van der Waals surface area contributed by atoms with Crippen molar-refractivity contribution in [1.82, 2.24) is 0 Å². The van der Waals surface area contributed by atoms with Crippen LogP contribution in [0.25, 0.3) is 0 Å². The minimum absolute atomic E-state index is 0.708. The number of nitrogen functional groups attached to an aromatic ring is 1. The highest BCUT2D eigenvalue weighted by atomic mass is 32.2. The van der Waals surface area contributed by atoms with Crippen molar-refractivity contribution < 1.29 is 9.47 Å². The van der Waals surface area contributed by atoms with Gasteiger partial charge in [0.05, 0.1) is 13.2 Å². The zero-order chi connectivity index (χ0) is 13.1. The fraction of sp³-hybridized carbons (Fsp3) is 0.200. The molecule has 4 heteroatoms. The van der Waals surface area contributed by atoms with Crippen LogP contribution in [-0.2, 0) is 0 Å². The molecule has 0 bridgehead atoms. The number of benzene rings is 2. The molecule has 0 radical (unpaired) electrons. The van der Waals surface area contributed by atoms with Crippen LogP contribution in [-0.4, -0.2) is 13.2 Å². The van der Waals surface area contributed by atoms with E-state index in [0.717, 1.165) is 33.4 Å². The maximum atomic E-state index is 5.79. The van der Waals surface area contributed by atoms with Crippen LogP contribution < -0.4 is 15.2 Å². The molecule has 0 fully saturated rings. The van der Waals surface area contributed by atoms with Gasteiger partial charge in [-0.3, -0.25) is 0 Å². The van der Waals surface area contributed by atoms with Crippen LogP contribution in [0, 0.1) is 0 Å². The number of hydrogen-bond donors (Lipinski definition) is 1. The number of ether oxygens (including phenoxy) is 2. The Hall–Kier alpha value is -1.81. The van der Waals surface area contributed by atoms with Gasteiger partial charge in [0.25, 0.3) is 0 Å². The van der Waals surface area contributed by atoms with Crippen LogP contribution >= 0.6 is 11.8 Å². The average molecular weight is 273 g/mol. The fourth-order valence-corrected chi connectivity index (χ4v) is 2.84. The first-order chi connectivity index (χ1) is 9.31. The van der Waals surface area contributed by atoms with Gasteiger partial charge in [0.15, 0.2) is 11.5 Å². The van der Waals surface area contributed by atoms with Crippen LogP contribution in [0.1, 0.15) is 6.42 Å². The van der Waals surface area contributed by atoms with E-state index >= 15 is 0 Å². The van der Waals surface area contributed by atoms with Crippen LogP contribution in [0.4, 0.5) is 5.69 Å². The molecule has 2 aromatic rings. The molecule has 0 unspecified atom stereocenters. The Kier molecular flexibility index (Phi) is 3.51. The number of nitrogens with two attached hydrogens (primary N) is 1. The van der Waals surface area contributed by atoms with Gasteiger partial charge in [0, 0.05) is 21.9 Å². The normalized spacial score (nSPS) is 13.9. The van der Waals surface area contributed by atoms with E-state index in [1.807, 2.05) is 42.5 Å². The third-order valence-corrected chi connectivity index (χ3v) is 3.79. The predicted octanol–water partition coefficient (Wildman–Crippen LogP) is 3.58. The minimum Gasteiger partial charge on any atom is -0.490 e. The Morgan fingerprint density at radius 1 is 0.895 bits per heavy atom. The Morgan fingerprint density at radius 3 is 2.53 bits per heavy atom. The smallest absolute Gasteiger partial charge is 0.162 e. The second kappa shape index (κ2) is 5.45. The Bertz CT molecular complexity index is 586. The Morgan fingerprint density at radius 2 is 1.68 bits per heavy atom. The van der Waals surface area contributed by atoms with E-state index in [4.69, 9.17) is 15.2 Å². The summed E-state index contributed by atoms with van der Waals surface area (Å²) in [6.45, 7) is 1.42. The van der Waals surface area contributed by atoms with Crippen molar-refractivity contribution in [2.75, 3.05) is 18.9 Å². The second-order valence-electron chi connectivity index (χ2n) is 4.33. The lowest BCUT2D eigenvalue weighted by molar-refractivity contribution is 0.297. The van der Waals surface area contributed by atoms with Gasteiger partial charge in [0.1, 0.15) is 0 Å². The first-order valence-electron chi connectivity index (χ1n) is 6.24. The highest BCUT2D eigenvalue weighted by Crippen LogP contribution is 2.36. The van der Waals surface area contributed by atoms with E-state index in [2.05, 4.69) is 0 Å². The highest BCUT2D eigenvalue weighted by molar-refractivity contribution is 7.99. The molecule has 0 saturated carbocycles. The largest absolute Gasteiger partial charge is 0.490 e. The first kappa shape index (κ1) is 12.2. The quantitative estimate of drug-likeness (QED) is 0.849. The highest BCUT2D eigenvalue weighted by Gasteiger charge is 2.11. The molecule has 0 amide bonds. The summed E-state index contributed by atoms with van der Waals surface area (Å²) in [5.74, 6) is 1.65. The fourth-order valence-electron chi connectivity index (χ4n) is 1.92. The van der Waals surface area contributed by atoms with Gasteiger partial charge < -0.3 is 15.2 Å². The minimum atomic E-state index is 0.708. The predicted molar refractivity (Wildman–Crippen MR) is 77.0 cm³/mol. The van der Waals surface area contributed by atoms with Gasteiger partial charge in [-0.05, 0) is 36.4 Å². The third kappa shape index (κ3) is 2.96. The van der Waals surface area contributed by atoms with Crippen molar-refractivity contribution in [3.05, 3.63) is 42.5 Å². The first-order valence-corrected chi connectivity index (χ1v) is 7.06. The SMILES string of the molecule is Nc1cccc(Sc2ccc3c(c2)OCCCO3)c1. The van der Waals surface area contributed by atoms with E-state index in [1.165, 1.54) is 0 Å². The average Bonchev–Trinajstić information content (AvgIpc) is 2.63. The van der Waals surface area contributed by atoms with Gasteiger partial charge >= 0.3 is 0 Å². The molecule has 0 aromatic heterocycles. The van der Waals surface area contributed by atoms with Crippen molar-refractivity contribution in [3.8, 4) is 11.5 Å². The maximum Gasteiger partial charge on any atom is 0.162 e. The van der Waals surface area contributed by atoms with Crippen LogP contribution in [0.2, 0.25) is 0 Å². The second-order valence-corrected chi connectivity index (χ2v) is 5.48. The standard InChI is InChI=1S/C15H15NO2S/c16-11-3-1-4-12(9-11)19-13-5-6-14-15(10-13)18-8-2-7-17-14/h1,3-6,9-10H,2,7-8,16H2. The molecule has 1 aliphatic heterocycles. The van der Waals surface area contributed by atoms with Gasteiger partial charge in [0.2, 0.25) is 0 Å². The lowest BCUT2D eigenvalue weighted by atomic mass is 10.3. The molecule has 98 valence electrons. The monoisotopic (exact) mass is 273 g/mol. The summed E-state index contributed by atoms with van der Waals surface area (Å²) >= 11 is 1.67. The number of hydrogen-bond acceptors (Lipinski definition) is 4. The summed E-state index contributed by atoms with van der Waals surface area (Å²) in [4.78, 5) is 2.24. The van der Waals surface area contributed by atoms with E-state index in [1.54, 1.807) is 11.8 Å². The van der Waals surface area contributed by atoms with Crippen molar-refractivity contribution >= 4 is 17.4 Å². The molecule has 0 saturated heterocycles. The molecule has 2 N–H and O–H groups in total. The van der Waals surface area contributed by atoms with Gasteiger partial charge in [-0.2, -0.15) is 0 Å². The van der Waals surface area contributed by atoms with Crippen molar-refractivity contribution in [2.45, 2.75) is 16.2 Å². The summed E-state index contributed by atoms with van der Waals surface area (Å²) in [6, 6.07) is 13.9. The van der Waals surface area contributed by atoms with Crippen LogP contribution in [0.5, 0.6) is 11.5 Å². The van der Waals surface area contributed by atoms with E-state index in [-0.39, 0.29) is 0 Å². The number of rotatable bonds is 2. The molecule has 2 aromatic carbocycles. The lowest BCUT2D eigenvalue weighted by Crippen LogP contribution is -1.97. The van der Waals surface area contributed by atoms with Crippen molar-refractivity contribution in [3.63, 3.8) is 0 Å². The molecular weight excluding hydrogens is 258 g/mol. The Balaban J connectivity index is 1.84. The maximum absolute atomic E-state index is 5.79. The molecule has 0 aliphatic carbocycles. The number of anilines is 1. The zero-order valence-electron chi connectivity index (χ0n) is 10.5. The van der Waals surface area contributed by atoms with E-state index in [0.29, 0.717) is 13.2 Å².